The van der Waals surface area contributed by atoms with Crippen molar-refractivity contribution in [3.8, 4) is 0 Å². The van der Waals surface area contributed by atoms with Gasteiger partial charge in [0.15, 0.2) is 0 Å². The second-order valence-electron chi connectivity index (χ2n) is 6.74. The molecule has 3 nitrogen and oxygen atoms in total. The number of benzene rings is 1. The number of aliphatic hydroxyl groups is 1. The first-order valence-electron chi connectivity index (χ1n) is 6.91. The van der Waals surface area contributed by atoms with E-state index in [1.54, 1.807) is 0 Å². The fourth-order valence-electron chi connectivity index (χ4n) is 3.07. The number of morpholine rings is 1. The molecule has 1 saturated heterocycles. The molecule has 1 aromatic carbocycles. The van der Waals surface area contributed by atoms with Crippen LogP contribution in [0.3, 0.4) is 0 Å². The van der Waals surface area contributed by atoms with Gasteiger partial charge in [-0.05, 0) is 38.8 Å². The molecule has 0 aliphatic carbocycles. The Morgan fingerprint density at radius 2 is 1.47 bits per heavy atom. The van der Waals surface area contributed by atoms with Crippen LogP contribution < -0.4 is 0 Å². The van der Waals surface area contributed by atoms with E-state index in [0.29, 0.717) is 0 Å². The molecule has 1 N–H and O–H groups in total. The summed E-state index contributed by atoms with van der Waals surface area (Å²) in [5, 5.41) is 9.06. The summed E-state index contributed by atoms with van der Waals surface area (Å²) in [7, 11) is 0. The molecule has 0 radical (unpaired) electrons. The van der Waals surface area contributed by atoms with Crippen LogP contribution >= 0.6 is 0 Å². The standard InChI is InChI=1S/C16H25NO2/c1-15(2)11-17(12-16(3,4)19-15)9-13-5-7-14(10-18)8-6-13/h5-8,18H,9-12H2,1-4H3. The normalized spacial score (nSPS) is 22.4. The third-order valence-corrected chi connectivity index (χ3v) is 3.37. The molecule has 3 heteroatoms. The van der Waals surface area contributed by atoms with Gasteiger partial charge in [-0.25, -0.2) is 0 Å². The van der Waals surface area contributed by atoms with E-state index >= 15 is 0 Å². The van der Waals surface area contributed by atoms with Crippen LogP contribution in [-0.2, 0) is 17.9 Å². The van der Waals surface area contributed by atoms with Crippen LogP contribution in [0.4, 0.5) is 0 Å². The second kappa shape index (κ2) is 5.23. The van der Waals surface area contributed by atoms with Crippen molar-refractivity contribution in [2.24, 2.45) is 0 Å². The highest BCUT2D eigenvalue weighted by molar-refractivity contribution is 5.22. The molecule has 1 aliphatic rings. The van der Waals surface area contributed by atoms with Crippen LogP contribution in [0.2, 0.25) is 0 Å². The Morgan fingerprint density at radius 1 is 1.00 bits per heavy atom. The van der Waals surface area contributed by atoms with Gasteiger partial charge in [-0.2, -0.15) is 0 Å². The Bertz CT molecular complexity index is 407. The van der Waals surface area contributed by atoms with Gasteiger partial charge in [-0.1, -0.05) is 24.3 Å². The van der Waals surface area contributed by atoms with E-state index in [2.05, 4.69) is 44.7 Å². The monoisotopic (exact) mass is 263 g/mol. The van der Waals surface area contributed by atoms with Crippen molar-refractivity contribution in [2.45, 2.75) is 52.0 Å². The van der Waals surface area contributed by atoms with Gasteiger partial charge in [-0.3, -0.25) is 4.90 Å². The van der Waals surface area contributed by atoms with Crippen LogP contribution in [-0.4, -0.2) is 34.3 Å². The highest BCUT2D eigenvalue weighted by Gasteiger charge is 2.37. The smallest absolute Gasteiger partial charge is 0.0760 e. The summed E-state index contributed by atoms with van der Waals surface area (Å²) in [5.74, 6) is 0. The molecular weight excluding hydrogens is 238 g/mol. The van der Waals surface area contributed by atoms with Crippen molar-refractivity contribution in [3.63, 3.8) is 0 Å². The SMILES string of the molecule is CC1(C)CN(Cc2ccc(CO)cc2)CC(C)(C)O1. The fraction of sp³-hybridized carbons (Fsp3) is 0.625. The molecular formula is C16H25NO2. The van der Waals surface area contributed by atoms with Gasteiger partial charge >= 0.3 is 0 Å². The molecule has 0 aromatic heterocycles. The Kier molecular flexibility index (Phi) is 4.00. The van der Waals surface area contributed by atoms with Crippen LogP contribution in [0, 0.1) is 0 Å². The first-order valence-corrected chi connectivity index (χ1v) is 6.91. The molecule has 19 heavy (non-hydrogen) atoms. The quantitative estimate of drug-likeness (QED) is 0.909. The highest BCUT2D eigenvalue weighted by Crippen LogP contribution is 2.28. The zero-order valence-corrected chi connectivity index (χ0v) is 12.4. The topological polar surface area (TPSA) is 32.7 Å². The molecule has 2 rings (SSSR count). The van der Waals surface area contributed by atoms with E-state index in [0.717, 1.165) is 25.2 Å². The molecule has 106 valence electrons. The molecule has 1 aliphatic heterocycles. The van der Waals surface area contributed by atoms with Crippen LogP contribution in [0.1, 0.15) is 38.8 Å². The molecule has 1 heterocycles. The Morgan fingerprint density at radius 3 is 1.95 bits per heavy atom. The minimum Gasteiger partial charge on any atom is -0.392 e. The predicted molar refractivity (Wildman–Crippen MR) is 76.9 cm³/mol. The number of hydrogen-bond donors (Lipinski definition) is 1. The van der Waals surface area contributed by atoms with E-state index < -0.39 is 0 Å². The van der Waals surface area contributed by atoms with Crippen molar-refractivity contribution < 1.29 is 9.84 Å². The van der Waals surface area contributed by atoms with Gasteiger partial charge < -0.3 is 9.84 Å². The number of nitrogens with zero attached hydrogens (tertiary/aromatic N) is 1. The van der Waals surface area contributed by atoms with Crippen molar-refractivity contribution in [1.29, 1.82) is 0 Å². The fourth-order valence-corrected chi connectivity index (χ4v) is 3.07. The summed E-state index contributed by atoms with van der Waals surface area (Å²) in [4.78, 5) is 2.44. The molecule has 1 aromatic rings. The van der Waals surface area contributed by atoms with Gasteiger partial charge in [0.25, 0.3) is 0 Å². The van der Waals surface area contributed by atoms with Crippen LogP contribution in [0.25, 0.3) is 0 Å². The van der Waals surface area contributed by atoms with E-state index in [9.17, 15) is 0 Å². The van der Waals surface area contributed by atoms with E-state index in [-0.39, 0.29) is 17.8 Å². The first kappa shape index (κ1) is 14.5. The molecule has 0 amide bonds. The maximum atomic E-state index is 9.06. The molecule has 0 spiro atoms. The average molecular weight is 263 g/mol. The predicted octanol–water partition coefficient (Wildman–Crippen LogP) is 2.57. The Labute approximate surface area is 116 Å². The summed E-state index contributed by atoms with van der Waals surface area (Å²) in [6.07, 6.45) is 0. The van der Waals surface area contributed by atoms with Crippen molar-refractivity contribution in [2.75, 3.05) is 13.1 Å². The van der Waals surface area contributed by atoms with Gasteiger partial charge in [0.1, 0.15) is 0 Å². The summed E-state index contributed by atoms with van der Waals surface area (Å²) >= 11 is 0. The Balaban J connectivity index is 2.05. The summed E-state index contributed by atoms with van der Waals surface area (Å²) < 4.78 is 6.09. The molecule has 0 unspecified atom stereocenters. The summed E-state index contributed by atoms with van der Waals surface area (Å²) in [6, 6.07) is 8.18. The lowest BCUT2D eigenvalue weighted by Crippen LogP contribution is -2.56. The number of rotatable bonds is 3. The maximum Gasteiger partial charge on any atom is 0.0760 e. The average Bonchev–Trinajstić information content (AvgIpc) is 2.25. The first-order chi connectivity index (χ1) is 8.80. The molecule has 0 atom stereocenters. The number of aliphatic hydroxyl groups excluding tert-OH is 1. The summed E-state index contributed by atoms with van der Waals surface area (Å²) in [6.45, 7) is 11.5. The maximum absolute atomic E-state index is 9.06. The van der Waals surface area contributed by atoms with Crippen LogP contribution in [0.15, 0.2) is 24.3 Å². The van der Waals surface area contributed by atoms with Gasteiger partial charge in [0.05, 0.1) is 17.8 Å². The van der Waals surface area contributed by atoms with Gasteiger partial charge in [0.2, 0.25) is 0 Å². The minimum absolute atomic E-state index is 0.104. The zero-order valence-electron chi connectivity index (χ0n) is 12.4. The number of ether oxygens (including phenoxy) is 1. The van der Waals surface area contributed by atoms with E-state index in [4.69, 9.17) is 9.84 Å². The lowest BCUT2D eigenvalue weighted by atomic mass is 9.98. The third kappa shape index (κ3) is 4.03. The van der Waals surface area contributed by atoms with Gasteiger partial charge in [0, 0.05) is 19.6 Å². The zero-order chi connectivity index (χ0) is 14.1. The third-order valence-electron chi connectivity index (χ3n) is 3.37. The number of hydrogen-bond acceptors (Lipinski definition) is 3. The highest BCUT2D eigenvalue weighted by atomic mass is 16.5. The largest absolute Gasteiger partial charge is 0.392 e. The van der Waals surface area contributed by atoms with Crippen molar-refractivity contribution in [1.82, 2.24) is 4.90 Å². The lowest BCUT2D eigenvalue weighted by molar-refractivity contribution is -0.182. The summed E-state index contributed by atoms with van der Waals surface area (Å²) in [5.41, 5.74) is 2.04. The lowest BCUT2D eigenvalue weighted by Gasteiger charge is -2.47. The molecule has 0 saturated carbocycles. The van der Waals surface area contributed by atoms with E-state index in [1.807, 2.05) is 12.1 Å². The van der Waals surface area contributed by atoms with Gasteiger partial charge in [-0.15, -0.1) is 0 Å². The van der Waals surface area contributed by atoms with Crippen molar-refractivity contribution >= 4 is 0 Å². The molecule has 0 bridgehead atoms. The van der Waals surface area contributed by atoms with Crippen LogP contribution in [0.5, 0.6) is 0 Å². The second-order valence-corrected chi connectivity index (χ2v) is 6.74. The van der Waals surface area contributed by atoms with E-state index in [1.165, 1.54) is 5.56 Å². The van der Waals surface area contributed by atoms with Crippen molar-refractivity contribution in [3.05, 3.63) is 35.4 Å². The Hall–Kier alpha value is -0.900. The molecule has 1 fully saturated rings. The minimum atomic E-state index is -0.104.